The minimum absolute atomic E-state index is 0.204. The second kappa shape index (κ2) is 20.8. The second-order valence-corrected chi connectivity index (χ2v) is 21.0. The summed E-state index contributed by atoms with van der Waals surface area (Å²) in [4.78, 5) is 13.2. The molecule has 2 aromatic heterocycles. The normalized spacial score (nSPS) is 16.2. The Morgan fingerprint density at radius 1 is 0.478 bits per heavy atom. The lowest BCUT2D eigenvalue weighted by molar-refractivity contribution is -0.700. The molecule has 0 fully saturated rings. The molecule has 0 amide bonds. The summed E-state index contributed by atoms with van der Waals surface area (Å²) in [5.41, 5.74) is 38.2. The van der Waals surface area contributed by atoms with Gasteiger partial charge in [-0.05, 0) is 150 Å². The third kappa shape index (κ3) is 11.3. The fraction of sp³-hybridized carbons (Fsp3) is 0.391. The lowest BCUT2D eigenvalue weighted by Gasteiger charge is -2.15. The van der Waals surface area contributed by atoms with Gasteiger partial charge in [0, 0.05) is 80.5 Å². The van der Waals surface area contributed by atoms with Crippen molar-refractivity contribution in [3.63, 3.8) is 0 Å². The van der Waals surface area contributed by atoms with Crippen molar-refractivity contribution in [1.82, 2.24) is 0 Å². The van der Waals surface area contributed by atoms with Gasteiger partial charge < -0.3 is 9.47 Å². The van der Waals surface area contributed by atoms with E-state index in [1.54, 1.807) is 0 Å². The molecular formula is C64H74N2O3+2. The van der Waals surface area contributed by atoms with Crippen LogP contribution >= 0.6 is 0 Å². The van der Waals surface area contributed by atoms with Gasteiger partial charge in [0.1, 0.15) is 19.0 Å². The van der Waals surface area contributed by atoms with Gasteiger partial charge in [0.15, 0.2) is 35.9 Å². The molecule has 0 aliphatic heterocycles. The highest BCUT2D eigenvalue weighted by atomic mass is 16.5. The van der Waals surface area contributed by atoms with Crippen LogP contribution in [-0.2, 0) is 47.0 Å². The molecule has 0 N–H and O–H groups in total. The average Bonchev–Trinajstić information content (AvgIpc) is 4.06. The number of rotatable bonds is 13. The van der Waals surface area contributed by atoms with Crippen molar-refractivity contribution in [3.05, 3.63) is 219 Å². The van der Waals surface area contributed by atoms with Crippen LogP contribution in [-0.4, -0.2) is 5.97 Å². The van der Waals surface area contributed by atoms with Crippen LogP contribution in [0.4, 0.5) is 0 Å². The number of hydrogen-bond donors (Lipinski definition) is 0. The number of pyridine rings is 2. The first-order valence-electron chi connectivity index (χ1n) is 25.1. The van der Waals surface area contributed by atoms with Gasteiger partial charge in [0.2, 0.25) is 0 Å². The zero-order valence-electron chi connectivity index (χ0n) is 43.8. The van der Waals surface area contributed by atoms with Crippen LogP contribution in [0.25, 0.3) is 0 Å². The molecule has 4 aliphatic rings. The Hall–Kier alpha value is -6.25. The first-order valence-corrected chi connectivity index (χ1v) is 25.1. The van der Waals surface area contributed by atoms with Crippen LogP contribution < -0.4 is 9.13 Å². The molecule has 0 radical (unpaired) electrons. The average molecular weight is 919 g/mol. The van der Waals surface area contributed by atoms with E-state index in [2.05, 4.69) is 171 Å². The minimum atomic E-state index is -0.204. The fourth-order valence-electron chi connectivity index (χ4n) is 10.8. The smallest absolute Gasteiger partial charge is 0.334 e. The summed E-state index contributed by atoms with van der Waals surface area (Å²) in [5.74, 6) is 0.585. The van der Waals surface area contributed by atoms with Crippen LogP contribution in [0.1, 0.15) is 160 Å². The number of benzene rings is 2. The number of aryl methyl sites for hydroxylation is 2. The van der Waals surface area contributed by atoms with Gasteiger partial charge >= 0.3 is 5.97 Å². The fourth-order valence-corrected chi connectivity index (χ4v) is 10.8. The molecule has 8 rings (SSSR count). The van der Waals surface area contributed by atoms with Crippen molar-refractivity contribution < 1.29 is 23.4 Å². The lowest BCUT2D eigenvalue weighted by Crippen LogP contribution is -2.42. The molecule has 0 unspecified atom stereocenters. The third-order valence-electron chi connectivity index (χ3n) is 15.8. The van der Waals surface area contributed by atoms with Crippen LogP contribution in [0.5, 0.6) is 0 Å². The van der Waals surface area contributed by atoms with Crippen molar-refractivity contribution in [1.29, 1.82) is 0 Å². The summed E-state index contributed by atoms with van der Waals surface area (Å²) in [6.45, 7) is 33.4. The molecule has 69 heavy (non-hydrogen) atoms. The Kier molecular flexibility index (Phi) is 14.8. The molecule has 0 saturated carbocycles. The largest absolute Gasteiger partial charge is 0.489 e. The van der Waals surface area contributed by atoms with Crippen LogP contribution in [0, 0.1) is 41.5 Å². The van der Waals surface area contributed by atoms with Crippen LogP contribution in [0.15, 0.2) is 151 Å². The van der Waals surface area contributed by atoms with E-state index in [-0.39, 0.29) is 12.6 Å². The molecule has 0 saturated heterocycles. The molecule has 4 aromatic rings. The quantitative estimate of drug-likeness (QED) is 0.0441. The van der Waals surface area contributed by atoms with Crippen LogP contribution in [0.3, 0.4) is 0 Å². The van der Waals surface area contributed by atoms with Gasteiger partial charge in [0.25, 0.3) is 0 Å². The number of aromatic nitrogens is 2. The Balaban J connectivity index is 0.844. The Labute approximate surface area is 413 Å². The van der Waals surface area contributed by atoms with E-state index in [0.717, 1.165) is 92.5 Å². The molecule has 0 spiro atoms. The summed E-state index contributed by atoms with van der Waals surface area (Å²) < 4.78 is 17.0. The monoisotopic (exact) mass is 919 g/mol. The standard InChI is InChI=1S/C64H74N2O3/c1-39-22-56(23-40(39)2)30-58-26-43(5)62(32-58)51(13)68-37-54-18-14-52(15-19-54)35-65-45(7)28-60(47(9)49(65)11)34-61-29-46(8)66(50(12)48(61)10)36-53-16-20-55(21-17-53)38-69-64(67)63-33-59(27-44(63)6)31-57-24-41(3)42(4)25-57/h14-21,28-29H,13,22-27,32-38H2,1-12H3/q+2. The van der Waals surface area contributed by atoms with Gasteiger partial charge in [-0.25, -0.2) is 4.79 Å². The number of carbonyl (C=O) groups excluding carboxylic acids is 1. The SMILES string of the molecule is C=C(OCc1ccc(C[n+]2c(C)cc(Cc3cc(C)[n+](Cc4ccc(COC(=O)C5=C(C)CC(=C=C6CC(C)=C(C)C6)C5)cc4)c(C)c3C)c(C)c2C)cc1)C1=C(C)CC(=C=C2CC(C)=C(C)C2)C1. The van der Waals surface area contributed by atoms with Gasteiger partial charge in [-0.3, -0.25) is 0 Å². The van der Waals surface area contributed by atoms with Gasteiger partial charge in [-0.15, -0.1) is 11.5 Å². The molecule has 0 atom stereocenters. The maximum atomic E-state index is 13.2. The molecular weight excluding hydrogens is 845 g/mol. The number of carbonyl (C=O) groups is 1. The van der Waals surface area contributed by atoms with Crippen molar-refractivity contribution in [3.8, 4) is 0 Å². The first kappa shape index (κ1) is 49.2. The number of hydrogen-bond acceptors (Lipinski definition) is 3. The highest BCUT2D eigenvalue weighted by molar-refractivity contribution is 5.91. The maximum Gasteiger partial charge on any atom is 0.334 e. The van der Waals surface area contributed by atoms with Crippen molar-refractivity contribution in [2.24, 2.45) is 0 Å². The Morgan fingerprint density at radius 2 is 0.826 bits per heavy atom. The zero-order chi connectivity index (χ0) is 49.3. The molecule has 2 heterocycles. The highest BCUT2D eigenvalue weighted by Gasteiger charge is 2.26. The molecule has 0 bridgehead atoms. The zero-order valence-corrected chi connectivity index (χ0v) is 43.8. The molecule has 2 aromatic carbocycles. The van der Waals surface area contributed by atoms with Gasteiger partial charge in [-0.1, -0.05) is 88.5 Å². The Morgan fingerprint density at radius 3 is 1.26 bits per heavy atom. The molecule has 5 nitrogen and oxygen atoms in total. The summed E-state index contributed by atoms with van der Waals surface area (Å²) in [5, 5.41) is 0. The van der Waals surface area contributed by atoms with Crippen molar-refractivity contribution in [2.45, 2.75) is 167 Å². The predicted octanol–water partition coefficient (Wildman–Crippen LogP) is 14.3. The van der Waals surface area contributed by atoms with E-state index in [1.807, 2.05) is 0 Å². The third-order valence-corrected chi connectivity index (χ3v) is 15.8. The van der Waals surface area contributed by atoms with Crippen molar-refractivity contribution in [2.75, 3.05) is 0 Å². The van der Waals surface area contributed by atoms with E-state index >= 15 is 0 Å². The highest BCUT2D eigenvalue weighted by Crippen LogP contribution is 2.38. The van der Waals surface area contributed by atoms with E-state index in [1.165, 1.54) is 112 Å². The predicted molar refractivity (Wildman–Crippen MR) is 279 cm³/mol. The summed E-state index contributed by atoms with van der Waals surface area (Å²) in [6, 6.07) is 22.1. The summed E-state index contributed by atoms with van der Waals surface area (Å²) in [7, 11) is 0. The molecule has 356 valence electrons. The lowest BCUT2D eigenvalue weighted by atomic mass is 9.95. The maximum absolute atomic E-state index is 13.2. The van der Waals surface area contributed by atoms with Crippen molar-refractivity contribution >= 4 is 5.97 Å². The van der Waals surface area contributed by atoms with E-state index in [0.29, 0.717) is 13.0 Å². The van der Waals surface area contributed by atoms with E-state index in [9.17, 15) is 4.79 Å². The number of esters is 1. The Bertz CT molecular complexity index is 2810. The summed E-state index contributed by atoms with van der Waals surface area (Å²) in [6.07, 6.45) is 8.33. The van der Waals surface area contributed by atoms with Gasteiger partial charge in [-0.2, -0.15) is 9.13 Å². The minimum Gasteiger partial charge on any atom is -0.489 e. The first-order chi connectivity index (χ1) is 32.9. The van der Waals surface area contributed by atoms with Gasteiger partial charge in [0.05, 0.1) is 0 Å². The number of allylic oxidation sites excluding steroid dienone is 9. The summed E-state index contributed by atoms with van der Waals surface area (Å²) >= 11 is 0. The van der Waals surface area contributed by atoms with Crippen LogP contribution in [0.2, 0.25) is 0 Å². The number of nitrogens with zero attached hydrogens (tertiary/aromatic N) is 2. The van der Waals surface area contributed by atoms with E-state index < -0.39 is 0 Å². The second-order valence-electron chi connectivity index (χ2n) is 21.0. The molecule has 4 aliphatic carbocycles. The topological polar surface area (TPSA) is 43.3 Å². The molecule has 5 heteroatoms. The number of ether oxygens (including phenoxy) is 2. The van der Waals surface area contributed by atoms with E-state index in [4.69, 9.17) is 9.47 Å².